The van der Waals surface area contributed by atoms with Crippen molar-refractivity contribution in [3.63, 3.8) is 0 Å². The van der Waals surface area contributed by atoms with Gasteiger partial charge in [-0.25, -0.2) is 13.6 Å². The van der Waals surface area contributed by atoms with Gasteiger partial charge < -0.3 is 10.2 Å². The quantitative estimate of drug-likeness (QED) is 0.437. The van der Waals surface area contributed by atoms with Crippen LogP contribution in [0.5, 0.6) is 0 Å². The molecule has 2 amide bonds. The summed E-state index contributed by atoms with van der Waals surface area (Å²) in [7, 11) is -3.83. The summed E-state index contributed by atoms with van der Waals surface area (Å²) in [6, 6.07) is 21.2. The molecule has 0 bridgehead atoms. The summed E-state index contributed by atoms with van der Waals surface area (Å²) >= 11 is 0. The summed E-state index contributed by atoms with van der Waals surface area (Å²) < 4.78 is 23.1. The molecule has 3 aromatic rings. The van der Waals surface area contributed by atoms with Gasteiger partial charge in [0.2, 0.25) is 10.0 Å². The first-order chi connectivity index (χ1) is 19.1. The van der Waals surface area contributed by atoms with Gasteiger partial charge in [-0.1, -0.05) is 48.5 Å². The molecule has 0 saturated carbocycles. The number of rotatable bonds is 8. The summed E-state index contributed by atoms with van der Waals surface area (Å²) in [4.78, 5) is 30.5. The summed E-state index contributed by atoms with van der Waals surface area (Å²) in [5, 5.41) is 8.30. The topological polar surface area (TPSA) is 113 Å². The van der Waals surface area contributed by atoms with Crippen molar-refractivity contribution in [3.8, 4) is 0 Å². The Morgan fingerprint density at radius 3 is 2.25 bits per heavy atom. The van der Waals surface area contributed by atoms with E-state index >= 15 is 0 Å². The Hall–Kier alpha value is -3.79. The maximum Gasteiger partial charge on any atom is 0.258 e. The zero-order valence-electron chi connectivity index (χ0n) is 22.7. The van der Waals surface area contributed by atoms with Crippen LogP contribution >= 0.6 is 0 Å². The Morgan fingerprint density at radius 1 is 0.950 bits per heavy atom. The van der Waals surface area contributed by atoms with Crippen LogP contribution in [0.3, 0.4) is 0 Å². The van der Waals surface area contributed by atoms with E-state index in [1.165, 1.54) is 29.8 Å². The van der Waals surface area contributed by atoms with Gasteiger partial charge in [0, 0.05) is 49.4 Å². The van der Waals surface area contributed by atoms with Gasteiger partial charge in [0.25, 0.3) is 11.8 Å². The second-order valence-corrected chi connectivity index (χ2v) is 12.2. The number of likely N-dealkylation sites (tertiary alicyclic amines) is 1. The highest BCUT2D eigenvalue weighted by Gasteiger charge is 2.36. The third-order valence-electron chi connectivity index (χ3n) is 7.79. The number of primary sulfonamides is 1. The van der Waals surface area contributed by atoms with Crippen LogP contribution in [0.25, 0.3) is 0 Å². The van der Waals surface area contributed by atoms with Gasteiger partial charge in [-0.3, -0.25) is 14.5 Å². The van der Waals surface area contributed by atoms with E-state index in [-0.39, 0.29) is 22.8 Å². The van der Waals surface area contributed by atoms with E-state index < -0.39 is 10.0 Å². The van der Waals surface area contributed by atoms with Crippen LogP contribution in [-0.4, -0.2) is 56.2 Å². The molecule has 5 rings (SSSR count). The van der Waals surface area contributed by atoms with E-state index in [4.69, 9.17) is 5.14 Å². The molecule has 208 valence electrons. The molecule has 2 aliphatic rings. The number of hydrogen-bond acceptors (Lipinski definition) is 5. The van der Waals surface area contributed by atoms with E-state index in [0.717, 1.165) is 41.9 Å². The molecule has 2 aliphatic heterocycles. The van der Waals surface area contributed by atoms with Crippen molar-refractivity contribution in [2.75, 3.05) is 26.2 Å². The Kier molecular flexibility index (Phi) is 7.89. The number of fused-ring (bicyclic) bond motifs is 1. The molecule has 3 aromatic carbocycles. The second kappa shape index (κ2) is 11.4. The van der Waals surface area contributed by atoms with Crippen molar-refractivity contribution >= 4 is 21.8 Å². The number of aryl methyl sites for hydroxylation is 2. The van der Waals surface area contributed by atoms with Gasteiger partial charge >= 0.3 is 0 Å². The average molecular weight is 559 g/mol. The fraction of sp³-hybridized carbons (Fsp3) is 0.290. The van der Waals surface area contributed by atoms with E-state index in [9.17, 15) is 18.0 Å². The molecule has 40 heavy (non-hydrogen) atoms. The molecule has 3 N–H and O–H groups in total. The fourth-order valence-corrected chi connectivity index (χ4v) is 6.17. The first kappa shape index (κ1) is 27.8. The van der Waals surface area contributed by atoms with E-state index in [1.807, 2.05) is 73.5 Å². The third-order valence-corrected chi connectivity index (χ3v) is 8.72. The highest BCUT2D eigenvalue weighted by molar-refractivity contribution is 7.89. The zero-order valence-corrected chi connectivity index (χ0v) is 23.5. The fourth-order valence-electron chi connectivity index (χ4n) is 5.66. The minimum absolute atomic E-state index is 0.0353. The molecule has 8 nitrogen and oxygen atoms in total. The van der Waals surface area contributed by atoms with Crippen LogP contribution in [0.1, 0.15) is 49.9 Å². The molecule has 2 heterocycles. The molecule has 1 unspecified atom stereocenters. The van der Waals surface area contributed by atoms with Gasteiger partial charge in [-0.2, -0.15) is 0 Å². The summed E-state index contributed by atoms with van der Waals surface area (Å²) in [5.74, 6) is 0.0971. The lowest BCUT2D eigenvalue weighted by Gasteiger charge is -2.24. The van der Waals surface area contributed by atoms with Crippen LogP contribution in [-0.2, 0) is 10.0 Å². The van der Waals surface area contributed by atoms with Crippen molar-refractivity contribution < 1.29 is 18.0 Å². The number of benzene rings is 3. The molecule has 1 saturated heterocycles. The van der Waals surface area contributed by atoms with Gasteiger partial charge in [0.05, 0.1) is 10.9 Å². The standard InChI is InChI=1S/C31H34N4O4S/c1-21-7-6-8-22(2)29(21)31(37)35-19-25-17-34(18-26(25)20-35)16-15-28(23-9-4-3-5-10-23)33-30(36)24-11-13-27(14-12-24)40(32,38)39/h3-14,19,26,28H,15-18,20H2,1-2H3,(H,33,36)(H2,32,38,39)/t26?,28-/m0/s1. The van der Waals surface area contributed by atoms with Crippen LogP contribution in [0.15, 0.2) is 89.5 Å². The molecule has 9 heteroatoms. The summed E-state index contributed by atoms with van der Waals surface area (Å²) in [5.41, 5.74) is 5.42. The Labute approximate surface area is 235 Å². The predicted molar refractivity (Wildman–Crippen MR) is 154 cm³/mol. The smallest absolute Gasteiger partial charge is 0.258 e. The molecular weight excluding hydrogens is 524 g/mol. The summed E-state index contributed by atoms with van der Waals surface area (Å²) in [6.07, 6.45) is 2.73. The lowest BCUT2D eigenvalue weighted by molar-refractivity contribution is 0.0819. The molecule has 2 atom stereocenters. The van der Waals surface area contributed by atoms with Gasteiger partial charge in [-0.15, -0.1) is 0 Å². The molecular formula is C31H34N4O4S. The maximum atomic E-state index is 13.3. The average Bonchev–Trinajstić information content (AvgIpc) is 3.50. The van der Waals surface area contributed by atoms with Crippen LogP contribution < -0.4 is 10.5 Å². The van der Waals surface area contributed by atoms with Crippen molar-refractivity contribution in [1.82, 2.24) is 15.1 Å². The van der Waals surface area contributed by atoms with E-state index in [1.54, 1.807) is 0 Å². The Bertz CT molecular complexity index is 1530. The van der Waals surface area contributed by atoms with Crippen molar-refractivity contribution in [2.45, 2.75) is 31.2 Å². The van der Waals surface area contributed by atoms with Crippen LogP contribution in [0.4, 0.5) is 0 Å². The normalized spacial score (nSPS) is 17.8. The molecule has 0 spiro atoms. The highest BCUT2D eigenvalue weighted by Crippen LogP contribution is 2.32. The van der Waals surface area contributed by atoms with E-state index in [2.05, 4.69) is 10.2 Å². The minimum atomic E-state index is -3.83. The number of carbonyl (C=O) groups is 2. The van der Waals surface area contributed by atoms with Gasteiger partial charge in [-0.05, 0) is 66.8 Å². The first-order valence-electron chi connectivity index (χ1n) is 13.4. The minimum Gasteiger partial charge on any atom is -0.345 e. The number of sulfonamides is 1. The largest absolute Gasteiger partial charge is 0.345 e. The second-order valence-electron chi connectivity index (χ2n) is 10.7. The molecule has 1 fully saturated rings. The van der Waals surface area contributed by atoms with Gasteiger partial charge in [0.15, 0.2) is 0 Å². The van der Waals surface area contributed by atoms with Crippen LogP contribution in [0, 0.1) is 19.8 Å². The lowest BCUT2D eigenvalue weighted by atomic mass is 10.0. The molecule has 0 aromatic heterocycles. The number of nitrogens with one attached hydrogen (secondary N) is 1. The number of hydrogen-bond donors (Lipinski definition) is 2. The van der Waals surface area contributed by atoms with Crippen molar-refractivity contribution in [2.24, 2.45) is 11.1 Å². The SMILES string of the molecule is Cc1cccc(C)c1C(=O)N1C=C2CN(CC[C@H](NC(=O)c3ccc(S(N)(=O)=O)cc3)c3ccccc3)CC2C1. The number of carbonyl (C=O) groups excluding carboxylic acids is 2. The number of nitrogens with two attached hydrogens (primary N) is 1. The van der Waals surface area contributed by atoms with Crippen molar-refractivity contribution in [3.05, 3.63) is 112 Å². The Balaban J connectivity index is 1.23. The third kappa shape index (κ3) is 6.01. The number of amides is 2. The van der Waals surface area contributed by atoms with Crippen LogP contribution in [0.2, 0.25) is 0 Å². The lowest BCUT2D eigenvalue weighted by Crippen LogP contribution is -2.33. The Morgan fingerprint density at radius 2 is 1.62 bits per heavy atom. The maximum absolute atomic E-state index is 13.3. The molecule has 0 radical (unpaired) electrons. The summed E-state index contributed by atoms with van der Waals surface area (Å²) in [6.45, 7) is 7.09. The highest BCUT2D eigenvalue weighted by atomic mass is 32.2. The first-order valence-corrected chi connectivity index (χ1v) is 14.9. The predicted octanol–water partition coefficient (Wildman–Crippen LogP) is 3.78. The van der Waals surface area contributed by atoms with Crippen molar-refractivity contribution in [1.29, 1.82) is 0 Å². The van der Waals surface area contributed by atoms with Gasteiger partial charge in [0.1, 0.15) is 0 Å². The monoisotopic (exact) mass is 558 g/mol. The van der Waals surface area contributed by atoms with E-state index in [0.29, 0.717) is 24.4 Å². The zero-order chi connectivity index (χ0) is 28.4. The molecule has 0 aliphatic carbocycles. The number of nitrogens with zero attached hydrogens (tertiary/aromatic N) is 2.